The first kappa shape index (κ1) is 25.9. The number of ether oxygens (including phenoxy) is 2. The number of morpholine rings is 1. The second-order valence-electron chi connectivity index (χ2n) is 9.40. The number of hydrogen-bond donors (Lipinski definition) is 1. The van der Waals surface area contributed by atoms with Crippen LogP contribution in [0.3, 0.4) is 0 Å². The fourth-order valence-electron chi connectivity index (χ4n) is 4.82. The number of nitrogens with zero attached hydrogens (tertiary/aromatic N) is 4. The largest absolute Gasteiger partial charge is 0.389 e. The van der Waals surface area contributed by atoms with Crippen molar-refractivity contribution in [1.29, 1.82) is 0 Å². The predicted molar refractivity (Wildman–Crippen MR) is 138 cm³/mol. The highest BCUT2D eigenvalue weighted by Crippen LogP contribution is 2.33. The molecule has 0 amide bonds. The first-order valence-electron chi connectivity index (χ1n) is 12.9. The molecule has 8 nitrogen and oxygen atoms in total. The van der Waals surface area contributed by atoms with Gasteiger partial charge in [0.2, 0.25) is 5.88 Å². The standard InChI is InChI=1S/C27H40N4O4/c1-2-17-34-22-24(32)20-30(14-13-29-15-18-33-19-16-29)21-25-26(23-9-5-3-6-10-23)28-35-27(25)31-11-7-4-8-12-31/h2-3,5-6,9-10,24,32H,1,4,7-8,11-22H2. The number of aliphatic hydroxyl groups is 1. The maximum Gasteiger partial charge on any atom is 0.232 e. The smallest absolute Gasteiger partial charge is 0.232 e. The SMILES string of the molecule is C=CCOCC(O)CN(CCN1CCOCC1)Cc1c(-c2ccccc2)noc1N1CCCCC1. The van der Waals surface area contributed by atoms with Crippen molar-refractivity contribution in [1.82, 2.24) is 15.0 Å². The van der Waals surface area contributed by atoms with Gasteiger partial charge in [0.1, 0.15) is 5.69 Å². The number of hydrogen-bond acceptors (Lipinski definition) is 8. The van der Waals surface area contributed by atoms with Crippen LogP contribution in [0.4, 0.5) is 5.88 Å². The van der Waals surface area contributed by atoms with Crippen molar-refractivity contribution in [3.63, 3.8) is 0 Å². The lowest BCUT2D eigenvalue weighted by Gasteiger charge is -2.32. The van der Waals surface area contributed by atoms with E-state index in [0.29, 0.717) is 19.7 Å². The summed E-state index contributed by atoms with van der Waals surface area (Å²) in [5.74, 6) is 0.873. The Balaban J connectivity index is 1.55. The van der Waals surface area contributed by atoms with Crippen LogP contribution in [0.5, 0.6) is 0 Å². The van der Waals surface area contributed by atoms with E-state index in [-0.39, 0.29) is 6.61 Å². The van der Waals surface area contributed by atoms with Gasteiger partial charge < -0.3 is 24.0 Å². The van der Waals surface area contributed by atoms with Crippen molar-refractivity contribution in [3.05, 3.63) is 48.6 Å². The van der Waals surface area contributed by atoms with Gasteiger partial charge in [0.25, 0.3) is 0 Å². The zero-order chi connectivity index (χ0) is 24.3. The molecule has 0 radical (unpaired) electrons. The lowest BCUT2D eigenvalue weighted by Crippen LogP contribution is -2.43. The Morgan fingerprint density at radius 3 is 2.63 bits per heavy atom. The summed E-state index contributed by atoms with van der Waals surface area (Å²) in [4.78, 5) is 7.07. The van der Waals surface area contributed by atoms with Crippen LogP contribution in [0.15, 0.2) is 47.5 Å². The highest BCUT2D eigenvalue weighted by atomic mass is 16.5. The number of anilines is 1. The number of rotatable bonds is 13. The van der Waals surface area contributed by atoms with E-state index < -0.39 is 6.10 Å². The van der Waals surface area contributed by atoms with Gasteiger partial charge in [-0.2, -0.15) is 0 Å². The average Bonchev–Trinajstić information content (AvgIpc) is 3.32. The van der Waals surface area contributed by atoms with Gasteiger partial charge in [0.15, 0.2) is 0 Å². The summed E-state index contributed by atoms with van der Waals surface area (Å²) in [5, 5.41) is 15.3. The Morgan fingerprint density at radius 1 is 1.11 bits per heavy atom. The fourth-order valence-corrected chi connectivity index (χ4v) is 4.82. The van der Waals surface area contributed by atoms with E-state index in [2.05, 4.69) is 38.6 Å². The van der Waals surface area contributed by atoms with E-state index in [1.807, 2.05) is 18.2 Å². The Hall–Kier alpha value is -2.23. The summed E-state index contributed by atoms with van der Waals surface area (Å²) in [6.45, 7) is 12.8. The van der Waals surface area contributed by atoms with Gasteiger partial charge in [-0.1, -0.05) is 41.6 Å². The molecule has 2 aliphatic rings. The van der Waals surface area contributed by atoms with Crippen LogP contribution in [0.25, 0.3) is 11.3 Å². The van der Waals surface area contributed by atoms with Crippen molar-refractivity contribution in [2.45, 2.75) is 31.9 Å². The fraction of sp³-hybridized carbons (Fsp3) is 0.593. The van der Waals surface area contributed by atoms with E-state index in [9.17, 15) is 5.11 Å². The minimum Gasteiger partial charge on any atom is -0.389 e. The van der Waals surface area contributed by atoms with Crippen LogP contribution in [-0.2, 0) is 16.0 Å². The Labute approximate surface area is 209 Å². The third kappa shape index (κ3) is 7.62. The summed E-state index contributed by atoms with van der Waals surface area (Å²) < 4.78 is 17.0. The molecule has 0 aliphatic carbocycles. The normalized spacial score (nSPS) is 18.2. The second-order valence-corrected chi connectivity index (χ2v) is 9.40. The van der Waals surface area contributed by atoms with Gasteiger partial charge in [-0.25, -0.2) is 0 Å². The molecule has 3 heterocycles. The van der Waals surface area contributed by atoms with Crippen LogP contribution < -0.4 is 4.90 Å². The third-order valence-electron chi connectivity index (χ3n) is 6.69. The van der Waals surface area contributed by atoms with Gasteiger partial charge in [-0.3, -0.25) is 9.80 Å². The summed E-state index contributed by atoms with van der Waals surface area (Å²) >= 11 is 0. The summed E-state index contributed by atoms with van der Waals surface area (Å²) in [7, 11) is 0. The van der Waals surface area contributed by atoms with Crippen LogP contribution in [0.2, 0.25) is 0 Å². The molecular formula is C27H40N4O4. The molecule has 2 saturated heterocycles. The highest BCUT2D eigenvalue weighted by Gasteiger charge is 2.26. The maximum atomic E-state index is 10.7. The molecule has 1 N–H and O–H groups in total. The first-order valence-corrected chi connectivity index (χ1v) is 12.9. The van der Waals surface area contributed by atoms with E-state index in [1.54, 1.807) is 6.08 Å². The van der Waals surface area contributed by atoms with E-state index in [0.717, 1.165) is 75.2 Å². The van der Waals surface area contributed by atoms with E-state index in [4.69, 9.17) is 14.0 Å². The molecule has 35 heavy (non-hydrogen) atoms. The molecule has 2 fully saturated rings. The lowest BCUT2D eigenvalue weighted by atomic mass is 10.1. The lowest BCUT2D eigenvalue weighted by molar-refractivity contribution is 0.0128. The van der Waals surface area contributed by atoms with Crippen LogP contribution in [0, 0.1) is 0 Å². The number of aromatic nitrogens is 1. The second kappa shape index (κ2) is 13.8. The van der Waals surface area contributed by atoms with Crippen molar-refractivity contribution >= 4 is 5.88 Å². The van der Waals surface area contributed by atoms with Gasteiger partial charge in [-0.05, 0) is 19.3 Å². The van der Waals surface area contributed by atoms with Crippen molar-refractivity contribution in [3.8, 4) is 11.3 Å². The summed E-state index contributed by atoms with van der Waals surface area (Å²) in [6.07, 6.45) is 4.71. The predicted octanol–water partition coefficient (Wildman–Crippen LogP) is 3.03. The zero-order valence-electron chi connectivity index (χ0n) is 20.8. The minimum absolute atomic E-state index is 0.286. The van der Waals surface area contributed by atoms with E-state index >= 15 is 0 Å². The van der Waals surface area contributed by atoms with Crippen LogP contribution in [-0.4, -0.2) is 98.4 Å². The topological polar surface area (TPSA) is 74.4 Å². The van der Waals surface area contributed by atoms with Crippen LogP contribution in [0.1, 0.15) is 24.8 Å². The molecule has 1 atom stereocenters. The van der Waals surface area contributed by atoms with Crippen molar-refractivity contribution in [2.75, 3.05) is 77.1 Å². The number of aliphatic hydroxyl groups excluding tert-OH is 1. The Bertz CT molecular complexity index is 879. The molecule has 0 spiro atoms. The van der Waals surface area contributed by atoms with Gasteiger partial charge in [0, 0.05) is 57.9 Å². The molecule has 2 aromatic rings. The molecule has 1 unspecified atom stereocenters. The zero-order valence-corrected chi connectivity index (χ0v) is 20.8. The molecule has 0 bridgehead atoms. The number of benzene rings is 1. The van der Waals surface area contributed by atoms with Gasteiger partial charge in [0.05, 0.1) is 38.1 Å². The van der Waals surface area contributed by atoms with Gasteiger partial charge in [-0.15, -0.1) is 6.58 Å². The molecule has 192 valence electrons. The molecule has 0 saturated carbocycles. The van der Waals surface area contributed by atoms with Crippen molar-refractivity contribution < 1.29 is 19.1 Å². The van der Waals surface area contributed by atoms with Crippen LogP contribution >= 0.6 is 0 Å². The molecular weight excluding hydrogens is 444 g/mol. The Morgan fingerprint density at radius 2 is 1.89 bits per heavy atom. The number of piperidine rings is 1. The highest BCUT2D eigenvalue weighted by molar-refractivity contribution is 5.68. The third-order valence-corrected chi connectivity index (χ3v) is 6.69. The first-order chi connectivity index (χ1) is 17.2. The quantitative estimate of drug-likeness (QED) is 0.344. The van der Waals surface area contributed by atoms with E-state index in [1.165, 1.54) is 19.3 Å². The molecule has 1 aromatic heterocycles. The molecule has 8 heteroatoms. The van der Waals surface area contributed by atoms with Crippen molar-refractivity contribution in [2.24, 2.45) is 0 Å². The molecule has 2 aliphatic heterocycles. The minimum atomic E-state index is -0.585. The molecule has 1 aromatic carbocycles. The van der Waals surface area contributed by atoms with Gasteiger partial charge >= 0.3 is 0 Å². The molecule has 4 rings (SSSR count). The average molecular weight is 485 g/mol. The summed E-state index contributed by atoms with van der Waals surface area (Å²) in [6, 6.07) is 10.2. The monoisotopic (exact) mass is 484 g/mol. The maximum absolute atomic E-state index is 10.7. The summed E-state index contributed by atoms with van der Waals surface area (Å²) in [5.41, 5.74) is 3.04. The Kier molecular flexibility index (Phi) is 10.2.